The van der Waals surface area contributed by atoms with Crippen LogP contribution in [0.1, 0.15) is 45.1 Å². The van der Waals surface area contributed by atoms with Gasteiger partial charge in [-0.05, 0) is 54.8 Å². The molecule has 0 heterocycles. The van der Waals surface area contributed by atoms with Gasteiger partial charge >= 0.3 is 0 Å². The molecule has 0 saturated carbocycles. The highest BCUT2D eigenvalue weighted by atomic mass is 35.5. The minimum Gasteiger partial charge on any atom is -0.508 e. The van der Waals surface area contributed by atoms with E-state index in [0.29, 0.717) is 23.5 Å². The Balaban J connectivity index is 0.00000289. The van der Waals surface area contributed by atoms with Crippen LogP contribution in [0.3, 0.4) is 0 Å². The highest BCUT2D eigenvalue weighted by Gasteiger charge is 2.19. The van der Waals surface area contributed by atoms with Gasteiger partial charge in [0, 0.05) is 0 Å². The van der Waals surface area contributed by atoms with Gasteiger partial charge in [0.15, 0.2) is 0 Å². The van der Waals surface area contributed by atoms with Gasteiger partial charge in [-0.2, -0.15) is 0 Å². The zero-order valence-electron chi connectivity index (χ0n) is 11.6. The molecule has 0 aliphatic heterocycles. The Morgan fingerprint density at radius 1 is 1.28 bits per heavy atom. The average Bonchev–Trinajstić information content (AvgIpc) is 2.30. The lowest BCUT2D eigenvalue weighted by Gasteiger charge is -2.25. The topological polar surface area (TPSA) is 46.2 Å². The predicted molar refractivity (Wildman–Crippen MR) is 80.4 cm³/mol. The van der Waals surface area contributed by atoms with E-state index in [9.17, 15) is 5.11 Å². The van der Waals surface area contributed by atoms with Crippen LogP contribution in [-0.4, -0.2) is 11.7 Å². The molecule has 3 N–H and O–H groups in total. The maximum Gasteiger partial charge on any atom is 0.115 e. The predicted octanol–water partition coefficient (Wildman–Crippen LogP) is 3.93. The fourth-order valence-electron chi connectivity index (χ4n) is 2.62. The zero-order chi connectivity index (χ0) is 12.8. The average molecular weight is 272 g/mol. The van der Waals surface area contributed by atoms with E-state index in [0.717, 1.165) is 19.4 Å². The van der Waals surface area contributed by atoms with Crippen LogP contribution < -0.4 is 5.73 Å². The number of phenols is 1. The molecule has 0 aliphatic rings. The molecule has 0 amide bonds. The summed E-state index contributed by atoms with van der Waals surface area (Å²) in [5.74, 6) is 2.04. The van der Waals surface area contributed by atoms with Crippen LogP contribution in [0.25, 0.3) is 0 Å². The first-order chi connectivity index (χ1) is 8.08. The summed E-state index contributed by atoms with van der Waals surface area (Å²) in [6.45, 7) is 7.44. The second-order valence-corrected chi connectivity index (χ2v) is 5.16. The Bertz CT molecular complexity index is 343. The first-order valence-electron chi connectivity index (χ1n) is 6.57. The molecular formula is C15H26ClNO. The lowest BCUT2D eigenvalue weighted by atomic mass is 9.80. The molecule has 3 unspecified atom stereocenters. The third-order valence-corrected chi connectivity index (χ3v) is 3.60. The zero-order valence-corrected chi connectivity index (χ0v) is 12.4. The quantitative estimate of drug-likeness (QED) is 0.824. The second-order valence-electron chi connectivity index (χ2n) is 5.16. The van der Waals surface area contributed by atoms with E-state index in [2.05, 4.69) is 26.8 Å². The lowest BCUT2D eigenvalue weighted by Crippen LogP contribution is -2.18. The normalized spacial score (nSPS) is 15.6. The maximum atomic E-state index is 9.55. The summed E-state index contributed by atoms with van der Waals surface area (Å²) in [4.78, 5) is 0. The van der Waals surface area contributed by atoms with E-state index >= 15 is 0 Å². The molecule has 3 heteroatoms. The number of rotatable bonds is 6. The van der Waals surface area contributed by atoms with Crippen LogP contribution in [0.2, 0.25) is 0 Å². The molecule has 18 heavy (non-hydrogen) atoms. The Morgan fingerprint density at radius 2 is 1.94 bits per heavy atom. The van der Waals surface area contributed by atoms with Gasteiger partial charge in [-0.15, -0.1) is 12.4 Å². The molecule has 0 aromatic heterocycles. The van der Waals surface area contributed by atoms with Gasteiger partial charge in [-0.25, -0.2) is 0 Å². The molecule has 0 bridgehead atoms. The number of benzene rings is 1. The maximum absolute atomic E-state index is 9.55. The van der Waals surface area contributed by atoms with Crippen molar-refractivity contribution in [3.05, 3.63) is 29.8 Å². The van der Waals surface area contributed by atoms with E-state index in [4.69, 9.17) is 5.73 Å². The van der Waals surface area contributed by atoms with Crippen molar-refractivity contribution < 1.29 is 5.11 Å². The van der Waals surface area contributed by atoms with Gasteiger partial charge in [0.1, 0.15) is 5.75 Å². The standard InChI is InChI=1S/C15H25NO.ClH/c1-4-15(12(3)8-11(2)10-16)13-6-5-7-14(17)9-13;/h5-7,9,11-12,15,17H,4,8,10,16H2,1-3H3;1H. The fraction of sp³-hybridized carbons (Fsp3) is 0.600. The van der Waals surface area contributed by atoms with Crippen molar-refractivity contribution in [3.63, 3.8) is 0 Å². The van der Waals surface area contributed by atoms with Crippen LogP contribution in [0.5, 0.6) is 5.75 Å². The molecule has 0 fully saturated rings. The fourth-order valence-corrected chi connectivity index (χ4v) is 2.62. The first kappa shape index (κ1) is 17.3. The number of nitrogens with two attached hydrogens (primary N) is 1. The molecule has 1 rings (SSSR count). The van der Waals surface area contributed by atoms with Crippen molar-refractivity contribution in [3.8, 4) is 5.75 Å². The molecule has 0 aliphatic carbocycles. The Morgan fingerprint density at radius 3 is 2.44 bits per heavy atom. The van der Waals surface area contributed by atoms with Crippen LogP contribution in [0, 0.1) is 11.8 Å². The van der Waals surface area contributed by atoms with Crippen LogP contribution in [0.15, 0.2) is 24.3 Å². The summed E-state index contributed by atoms with van der Waals surface area (Å²) in [7, 11) is 0. The molecule has 1 aromatic carbocycles. The van der Waals surface area contributed by atoms with E-state index < -0.39 is 0 Å². The van der Waals surface area contributed by atoms with Crippen LogP contribution in [0.4, 0.5) is 0 Å². The summed E-state index contributed by atoms with van der Waals surface area (Å²) in [6.07, 6.45) is 2.24. The molecule has 1 aromatic rings. The van der Waals surface area contributed by atoms with Crippen molar-refractivity contribution in [2.75, 3.05) is 6.54 Å². The van der Waals surface area contributed by atoms with Crippen LogP contribution in [-0.2, 0) is 0 Å². The molecule has 2 nitrogen and oxygen atoms in total. The summed E-state index contributed by atoms with van der Waals surface area (Å²) in [5.41, 5.74) is 6.92. The van der Waals surface area contributed by atoms with Crippen LogP contribution >= 0.6 is 12.4 Å². The number of aromatic hydroxyl groups is 1. The molecule has 0 saturated heterocycles. The van der Waals surface area contributed by atoms with E-state index in [-0.39, 0.29) is 12.4 Å². The van der Waals surface area contributed by atoms with Crippen molar-refractivity contribution in [1.82, 2.24) is 0 Å². The Hall–Kier alpha value is -0.730. The van der Waals surface area contributed by atoms with Gasteiger partial charge in [0.25, 0.3) is 0 Å². The minimum atomic E-state index is 0. The highest BCUT2D eigenvalue weighted by molar-refractivity contribution is 5.85. The van der Waals surface area contributed by atoms with Gasteiger partial charge in [-0.3, -0.25) is 0 Å². The monoisotopic (exact) mass is 271 g/mol. The summed E-state index contributed by atoms with van der Waals surface area (Å²) in [5, 5.41) is 9.55. The van der Waals surface area contributed by atoms with Gasteiger partial charge in [-0.1, -0.05) is 32.9 Å². The van der Waals surface area contributed by atoms with E-state index in [1.165, 1.54) is 5.56 Å². The third kappa shape index (κ3) is 4.87. The number of phenolic OH excluding ortho intramolecular Hbond substituents is 1. The van der Waals surface area contributed by atoms with Crippen molar-refractivity contribution in [2.24, 2.45) is 17.6 Å². The largest absolute Gasteiger partial charge is 0.508 e. The molecule has 104 valence electrons. The molecular weight excluding hydrogens is 246 g/mol. The number of hydrogen-bond donors (Lipinski definition) is 2. The van der Waals surface area contributed by atoms with Crippen molar-refractivity contribution in [2.45, 2.75) is 39.5 Å². The number of hydrogen-bond acceptors (Lipinski definition) is 2. The minimum absolute atomic E-state index is 0. The van der Waals surface area contributed by atoms with Gasteiger partial charge in [0.05, 0.1) is 0 Å². The summed E-state index contributed by atoms with van der Waals surface area (Å²) in [6, 6.07) is 7.64. The summed E-state index contributed by atoms with van der Waals surface area (Å²) < 4.78 is 0. The van der Waals surface area contributed by atoms with Gasteiger partial charge in [0.2, 0.25) is 0 Å². The molecule has 0 spiro atoms. The third-order valence-electron chi connectivity index (χ3n) is 3.60. The Kier molecular flexibility index (Phi) is 8.05. The van der Waals surface area contributed by atoms with Crippen molar-refractivity contribution >= 4 is 12.4 Å². The second kappa shape index (κ2) is 8.39. The Labute approximate surface area is 117 Å². The van der Waals surface area contributed by atoms with Crippen molar-refractivity contribution in [1.29, 1.82) is 0 Å². The lowest BCUT2D eigenvalue weighted by molar-refractivity contribution is 0.355. The van der Waals surface area contributed by atoms with Gasteiger partial charge < -0.3 is 10.8 Å². The first-order valence-corrected chi connectivity index (χ1v) is 6.57. The SMILES string of the molecule is CCC(c1cccc(O)c1)C(C)CC(C)CN.Cl. The highest BCUT2D eigenvalue weighted by Crippen LogP contribution is 2.33. The van der Waals surface area contributed by atoms with E-state index in [1.807, 2.05) is 12.1 Å². The number of halogens is 1. The smallest absolute Gasteiger partial charge is 0.115 e. The summed E-state index contributed by atoms with van der Waals surface area (Å²) >= 11 is 0. The molecule has 3 atom stereocenters. The molecule has 0 radical (unpaired) electrons. The van der Waals surface area contributed by atoms with E-state index in [1.54, 1.807) is 6.07 Å².